The van der Waals surface area contributed by atoms with Gasteiger partial charge in [-0.1, -0.05) is 42.5 Å². The van der Waals surface area contributed by atoms with Gasteiger partial charge in [-0.15, -0.1) is 23.4 Å². The van der Waals surface area contributed by atoms with Gasteiger partial charge in [0.2, 0.25) is 0 Å². The molecule has 8 heteroatoms. The highest BCUT2D eigenvalue weighted by Crippen LogP contribution is 2.58. The predicted octanol–water partition coefficient (Wildman–Crippen LogP) is 6.33. The van der Waals surface area contributed by atoms with E-state index < -0.39 is 5.97 Å². The summed E-state index contributed by atoms with van der Waals surface area (Å²) in [6.45, 7) is 0. The van der Waals surface area contributed by atoms with Crippen molar-refractivity contribution in [3.05, 3.63) is 99.6 Å². The summed E-state index contributed by atoms with van der Waals surface area (Å²) in [5.74, 6) is -0.936. The van der Waals surface area contributed by atoms with Gasteiger partial charge in [0.1, 0.15) is 0 Å². The molecule has 5 atom stereocenters. The number of aromatic carboxylic acids is 1. The number of anilines is 1. The number of carboxylic acid groups (broad SMARTS) is 1. The summed E-state index contributed by atoms with van der Waals surface area (Å²) in [5, 5.41) is 24.3. The Labute approximate surface area is 200 Å². The number of hydrogen-bond acceptors (Lipinski definition) is 5. The minimum atomic E-state index is -0.977. The summed E-state index contributed by atoms with van der Waals surface area (Å²) in [6.07, 6.45) is 0.749. The van der Waals surface area contributed by atoms with Crippen molar-refractivity contribution in [1.82, 2.24) is 0 Å². The number of thioether (sulfide) groups is 1. The molecule has 3 aromatic rings. The number of carboxylic acids is 1. The Morgan fingerprint density at radius 1 is 1.09 bits per heavy atom. The molecule has 3 aromatic carbocycles. The van der Waals surface area contributed by atoms with Crippen LogP contribution in [0.1, 0.15) is 39.9 Å². The van der Waals surface area contributed by atoms with E-state index in [9.17, 15) is 20.0 Å². The second-order valence-electron chi connectivity index (χ2n) is 8.39. The van der Waals surface area contributed by atoms with E-state index in [2.05, 4.69) is 17.4 Å². The first kappa shape index (κ1) is 21.8. The number of alkyl halides is 1. The minimum Gasteiger partial charge on any atom is -0.478 e. The summed E-state index contributed by atoms with van der Waals surface area (Å²) < 4.78 is 0. The molecule has 1 saturated carbocycles. The standard InChI is InChI=1S/C25H21ClN2O4S/c26-23-21(33-20-9-5-4-8-19(20)28(31)32)13-17-22(23)16-12-15(25(29)30)10-11-18(16)27-24(17)14-6-2-1-3-7-14/h1-12,17,21-24,27H,13H2,(H,29,30)/t17-,21+,22-,23+,24-/m1/s1. The molecule has 5 rings (SSSR count). The molecular formula is C25H21ClN2O4S. The lowest BCUT2D eigenvalue weighted by atomic mass is 9.77. The molecule has 2 N–H and O–H groups in total. The van der Waals surface area contributed by atoms with Gasteiger partial charge in [0.05, 0.1) is 26.8 Å². The maximum atomic E-state index is 11.6. The molecule has 33 heavy (non-hydrogen) atoms. The normalized spacial score (nSPS) is 25.5. The van der Waals surface area contributed by atoms with Crippen molar-refractivity contribution in [3.63, 3.8) is 0 Å². The average Bonchev–Trinajstić information content (AvgIpc) is 3.15. The highest BCUT2D eigenvalue weighted by molar-refractivity contribution is 8.00. The van der Waals surface area contributed by atoms with E-state index in [0.717, 1.165) is 23.2 Å². The second-order valence-corrected chi connectivity index (χ2v) is 10.2. The van der Waals surface area contributed by atoms with E-state index in [1.165, 1.54) is 17.8 Å². The van der Waals surface area contributed by atoms with Crippen molar-refractivity contribution in [2.45, 2.75) is 33.9 Å². The maximum Gasteiger partial charge on any atom is 0.335 e. The van der Waals surface area contributed by atoms with Gasteiger partial charge < -0.3 is 10.4 Å². The van der Waals surface area contributed by atoms with Gasteiger partial charge in [-0.05, 0) is 47.7 Å². The van der Waals surface area contributed by atoms with Crippen LogP contribution in [0.15, 0.2) is 77.7 Å². The van der Waals surface area contributed by atoms with E-state index in [1.807, 2.05) is 24.3 Å². The van der Waals surface area contributed by atoms with Gasteiger partial charge in [-0.2, -0.15) is 0 Å². The molecular weight excluding hydrogens is 460 g/mol. The predicted molar refractivity (Wildman–Crippen MR) is 129 cm³/mol. The topological polar surface area (TPSA) is 92.5 Å². The monoisotopic (exact) mass is 480 g/mol. The number of para-hydroxylation sites is 1. The number of fused-ring (bicyclic) bond motifs is 3. The Hall–Kier alpha value is -3.03. The number of nitro benzene ring substituents is 1. The summed E-state index contributed by atoms with van der Waals surface area (Å²) in [7, 11) is 0. The van der Waals surface area contributed by atoms with Crippen LogP contribution in [0, 0.1) is 16.0 Å². The summed E-state index contributed by atoms with van der Waals surface area (Å²) >= 11 is 8.53. The van der Waals surface area contributed by atoms with Gasteiger partial charge >= 0.3 is 5.97 Å². The van der Waals surface area contributed by atoms with E-state index in [1.54, 1.807) is 30.3 Å². The molecule has 1 fully saturated rings. The molecule has 1 aliphatic carbocycles. The van der Waals surface area contributed by atoms with Gasteiger partial charge in [0.15, 0.2) is 0 Å². The van der Waals surface area contributed by atoms with Gasteiger partial charge in [0, 0.05) is 22.9 Å². The lowest BCUT2D eigenvalue weighted by Gasteiger charge is -2.38. The van der Waals surface area contributed by atoms with E-state index >= 15 is 0 Å². The van der Waals surface area contributed by atoms with Crippen LogP contribution in [0.2, 0.25) is 0 Å². The lowest BCUT2D eigenvalue weighted by molar-refractivity contribution is -0.387. The van der Waals surface area contributed by atoms with Gasteiger partial charge in [-0.25, -0.2) is 4.79 Å². The molecule has 6 nitrogen and oxygen atoms in total. The number of rotatable bonds is 5. The minimum absolute atomic E-state index is 0.0111. The Bertz CT molecular complexity index is 1220. The van der Waals surface area contributed by atoms with Crippen molar-refractivity contribution >= 4 is 40.7 Å². The molecule has 0 radical (unpaired) electrons. The van der Waals surface area contributed by atoms with Gasteiger partial charge in [-0.3, -0.25) is 10.1 Å². The Morgan fingerprint density at radius 3 is 2.55 bits per heavy atom. The SMILES string of the molecule is O=C(O)c1ccc2c(c1)[C@H]1[C@@H](Cl)[C@@H](Sc3ccccc3[N+](=O)[O-])C[C@H]1[C@@H](c1ccccc1)N2. The highest BCUT2D eigenvalue weighted by atomic mass is 35.5. The van der Waals surface area contributed by atoms with Crippen LogP contribution in [0.25, 0.3) is 0 Å². The second kappa shape index (κ2) is 8.72. The fraction of sp³-hybridized carbons (Fsp3) is 0.240. The van der Waals surface area contributed by atoms with Crippen LogP contribution in [-0.2, 0) is 0 Å². The van der Waals surface area contributed by atoms with Crippen LogP contribution in [0.5, 0.6) is 0 Å². The quantitative estimate of drug-likeness (QED) is 0.252. The molecule has 168 valence electrons. The van der Waals surface area contributed by atoms with Crippen molar-refractivity contribution in [2.75, 3.05) is 5.32 Å². The molecule has 0 bridgehead atoms. The molecule has 0 aromatic heterocycles. The van der Waals surface area contributed by atoms with Crippen molar-refractivity contribution in [1.29, 1.82) is 0 Å². The van der Waals surface area contributed by atoms with Crippen LogP contribution >= 0.6 is 23.4 Å². The number of nitro groups is 1. The molecule has 0 spiro atoms. The summed E-state index contributed by atoms with van der Waals surface area (Å²) in [4.78, 5) is 23.4. The summed E-state index contributed by atoms with van der Waals surface area (Å²) in [5.41, 5.74) is 3.23. The Morgan fingerprint density at radius 2 is 1.82 bits per heavy atom. The van der Waals surface area contributed by atoms with E-state index in [0.29, 0.717) is 4.90 Å². The number of carbonyl (C=O) groups is 1. The van der Waals surface area contributed by atoms with Crippen molar-refractivity contribution in [3.8, 4) is 0 Å². The molecule has 1 aliphatic heterocycles. The molecule has 0 saturated heterocycles. The third-order valence-electron chi connectivity index (χ3n) is 6.56. The van der Waals surface area contributed by atoms with Crippen molar-refractivity contribution in [2.24, 2.45) is 5.92 Å². The number of hydrogen-bond donors (Lipinski definition) is 2. The molecule has 0 amide bonds. The zero-order valence-electron chi connectivity index (χ0n) is 17.4. The van der Waals surface area contributed by atoms with Crippen LogP contribution in [0.3, 0.4) is 0 Å². The highest BCUT2D eigenvalue weighted by Gasteiger charge is 2.50. The zero-order chi connectivity index (χ0) is 23.1. The van der Waals surface area contributed by atoms with E-state index in [4.69, 9.17) is 11.6 Å². The fourth-order valence-corrected chi connectivity index (χ4v) is 7.05. The Balaban J connectivity index is 1.55. The number of benzene rings is 3. The van der Waals surface area contributed by atoms with Crippen LogP contribution in [0.4, 0.5) is 11.4 Å². The maximum absolute atomic E-state index is 11.6. The van der Waals surface area contributed by atoms with Gasteiger partial charge in [0.25, 0.3) is 5.69 Å². The molecule has 1 heterocycles. The fourth-order valence-electron chi connectivity index (χ4n) is 5.11. The summed E-state index contributed by atoms with van der Waals surface area (Å²) in [6, 6.07) is 22.0. The van der Waals surface area contributed by atoms with Crippen molar-refractivity contribution < 1.29 is 14.8 Å². The Kier molecular flexibility index (Phi) is 5.76. The smallest absolute Gasteiger partial charge is 0.335 e. The molecule has 0 unspecified atom stereocenters. The first-order valence-electron chi connectivity index (χ1n) is 10.7. The third kappa shape index (κ3) is 3.96. The first-order valence-corrected chi connectivity index (χ1v) is 12.0. The third-order valence-corrected chi connectivity index (χ3v) is 8.67. The number of nitrogens with zero attached hydrogens (tertiary/aromatic N) is 1. The largest absolute Gasteiger partial charge is 0.478 e. The lowest BCUT2D eigenvalue weighted by Crippen LogP contribution is -2.31. The van der Waals surface area contributed by atoms with E-state index in [-0.39, 0.29) is 44.7 Å². The number of halogens is 1. The average molecular weight is 481 g/mol. The molecule has 2 aliphatic rings. The zero-order valence-corrected chi connectivity index (χ0v) is 19.0. The van der Waals surface area contributed by atoms with Crippen LogP contribution in [-0.4, -0.2) is 26.6 Å². The van der Waals surface area contributed by atoms with Crippen LogP contribution < -0.4 is 5.32 Å². The number of nitrogens with one attached hydrogen (secondary N) is 1. The first-order chi connectivity index (χ1) is 15.9.